The van der Waals surface area contributed by atoms with E-state index in [1.54, 1.807) is 10.9 Å². The van der Waals surface area contributed by atoms with Gasteiger partial charge in [-0.15, -0.1) is 11.6 Å². The van der Waals surface area contributed by atoms with Gasteiger partial charge < -0.3 is 0 Å². The lowest BCUT2D eigenvalue weighted by atomic mass is 10.2. The summed E-state index contributed by atoms with van der Waals surface area (Å²) in [6, 6.07) is 5.62. The summed E-state index contributed by atoms with van der Waals surface area (Å²) < 4.78 is 1.70. The topological polar surface area (TPSA) is 17.8 Å². The Balaban J connectivity index is 2.45. The van der Waals surface area contributed by atoms with Crippen molar-refractivity contribution < 1.29 is 0 Å². The van der Waals surface area contributed by atoms with Gasteiger partial charge >= 0.3 is 0 Å². The Morgan fingerprint density at radius 1 is 1.25 bits per heavy atom. The zero-order valence-electron chi connectivity index (χ0n) is 8.54. The smallest absolute Gasteiger partial charge is 0.0819 e. The quantitative estimate of drug-likeness (QED) is 0.750. The highest BCUT2D eigenvalue weighted by Gasteiger charge is 2.06. The van der Waals surface area contributed by atoms with Crippen molar-refractivity contribution in [2.75, 3.05) is 0 Å². The van der Waals surface area contributed by atoms with Gasteiger partial charge in [-0.05, 0) is 24.6 Å². The van der Waals surface area contributed by atoms with Crippen molar-refractivity contribution in [2.45, 2.75) is 12.8 Å². The number of hydrogen-bond acceptors (Lipinski definition) is 1. The van der Waals surface area contributed by atoms with Crippen molar-refractivity contribution in [2.24, 2.45) is 0 Å². The molecular weight excluding hydrogens is 266 g/mol. The predicted octanol–water partition coefficient (Wildman–Crippen LogP) is 4.23. The van der Waals surface area contributed by atoms with E-state index in [1.807, 2.05) is 25.1 Å². The summed E-state index contributed by atoms with van der Waals surface area (Å²) in [6.45, 7) is 1.85. The molecule has 84 valence electrons. The third kappa shape index (κ3) is 2.19. The van der Waals surface area contributed by atoms with Gasteiger partial charge in [-0.2, -0.15) is 5.10 Å². The molecule has 2 rings (SSSR count). The van der Waals surface area contributed by atoms with Crippen molar-refractivity contribution in [3.63, 3.8) is 0 Å². The first-order valence-corrected chi connectivity index (χ1v) is 5.97. The molecule has 2 aromatic rings. The Bertz CT molecular complexity index is 500. The van der Waals surface area contributed by atoms with Crippen LogP contribution in [-0.4, -0.2) is 9.78 Å². The average molecular weight is 276 g/mol. The van der Waals surface area contributed by atoms with Gasteiger partial charge in [0.2, 0.25) is 0 Å². The lowest BCUT2D eigenvalue weighted by Gasteiger charge is -2.04. The molecule has 0 N–H and O–H groups in total. The van der Waals surface area contributed by atoms with Crippen molar-refractivity contribution in [1.29, 1.82) is 0 Å². The standard InChI is InChI=1S/C11H9Cl3N2/c1-7-11(14)6-16(15-7)9-3-2-8(5-12)10(13)4-9/h2-4,6H,5H2,1H3. The van der Waals surface area contributed by atoms with E-state index >= 15 is 0 Å². The largest absolute Gasteiger partial charge is 0.239 e. The Kier molecular flexibility index (Phi) is 3.43. The molecule has 0 unspecified atom stereocenters. The zero-order chi connectivity index (χ0) is 11.7. The van der Waals surface area contributed by atoms with Crippen LogP contribution in [0.25, 0.3) is 5.69 Å². The van der Waals surface area contributed by atoms with Crippen molar-refractivity contribution in [1.82, 2.24) is 9.78 Å². The van der Waals surface area contributed by atoms with E-state index < -0.39 is 0 Å². The summed E-state index contributed by atoms with van der Waals surface area (Å²) >= 11 is 17.7. The van der Waals surface area contributed by atoms with E-state index in [1.165, 1.54) is 0 Å². The molecular formula is C11H9Cl3N2. The molecule has 0 fully saturated rings. The molecule has 0 atom stereocenters. The lowest BCUT2D eigenvalue weighted by molar-refractivity contribution is 0.862. The first-order valence-electron chi connectivity index (χ1n) is 4.68. The Labute approximate surface area is 109 Å². The molecule has 1 aromatic heterocycles. The van der Waals surface area contributed by atoms with Crippen molar-refractivity contribution in [3.8, 4) is 5.69 Å². The molecule has 0 saturated heterocycles. The van der Waals surface area contributed by atoms with Crippen LogP contribution in [0.2, 0.25) is 10.0 Å². The van der Waals surface area contributed by atoms with Gasteiger partial charge in [-0.3, -0.25) is 0 Å². The molecule has 0 aliphatic heterocycles. The number of alkyl halides is 1. The molecule has 5 heteroatoms. The first kappa shape index (κ1) is 11.8. The van der Waals surface area contributed by atoms with Gasteiger partial charge in [0.25, 0.3) is 0 Å². The SMILES string of the molecule is Cc1nn(-c2ccc(CCl)c(Cl)c2)cc1Cl. The minimum absolute atomic E-state index is 0.401. The van der Waals surface area contributed by atoms with E-state index in [2.05, 4.69) is 5.10 Å². The summed E-state index contributed by atoms with van der Waals surface area (Å²) in [6.07, 6.45) is 1.75. The second kappa shape index (κ2) is 4.66. The number of rotatable bonds is 2. The molecule has 1 aromatic carbocycles. The van der Waals surface area contributed by atoms with E-state index in [4.69, 9.17) is 34.8 Å². The normalized spacial score (nSPS) is 10.8. The minimum atomic E-state index is 0.401. The zero-order valence-corrected chi connectivity index (χ0v) is 10.8. The van der Waals surface area contributed by atoms with Crippen LogP contribution in [0.1, 0.15) is 11.3 Å². The van der Waals surface area contributed by atoms with Gasteiger partial charge in [0, 0.05) is 17.1 Å². The molecule has 0 radical (unpaired) electrons. The van der Waals surface area contributed by atoms with Crippen molar-refractivity contribution in [3.05, 3.63) is 45.7 Å². The maximum atomic E-state index is 6.07. The maximum absolute atomic E-state index is 6.07. The number of aryl methyl sites for hydroxylation is 1. The van der Waals surface area contributed by atoms with Crippen LogP contribution in [0, 0.1) is 6.92 Å². The fourth-order valence-electron chi connectivity index (χ4n) is 1.36. The van der Waals surface area contributed by atoms with Crippen LogP contribution in [0.15, 0.2) is 24.4 Å². The molecule has 0 bridgehead atoms. The Morgan fingerprint density at radius 2 is 2.00 bits per heavy atom. The van der Waals surface area contributed by atoms with Crippen LogP contribution in [0.3, 0.4) is 0 Å². The number of aromatic nitrogens is 2. The molecule has 16 heavy (non-hydrogen) atoms. The van der Waals surface area contributed by atoms with E-state index in [9.17, 15) is 0 Å². The minimum Gasteiger partial charge on any atom is -0.239 e. The molecule has 0 aliphatic rings. The summed E-state index contributed by atoms with van der Waals surface area (Å²) in [5.74, 6) is 0.401. The average Bonchev–Trinajstić information content (AvgIpc) is 2.59. The number of nitrogens with zero attached hydrogens (tertiary/aromatic N) is 2. The first-order chi connectivity index (χ1) is 7.61. The predicted molar refractivity (Wildman–Crippen MR) is 67.9 cm³/mol. The van der Waals surface area contributed by atoms with Crippen LogP contribution in [0.4, 0.5) is 0 Å². The van der Waals surface area contributed by atoms with E-state index in [-0.39, 0.29) is 0 Å². The van der Waals surface area contributed by atoms with Crippen LogP contribution >= 0.6 is 34.8 Å². The summed E-state index contributed by atoms with van der Waals surface area (Å²) in [4.78, 5) is 0. The number of benzene rings is 1. The lowest BCUT2D eigenvalue weighted by Crippen LogP contribution is -1.95. The van der Waals surface area contributed by atoms with Crippen LogP contribution in [-0.2, 0) is 5.88 Å². The highest BCUT2D eigenvalue weighted by Crippen LogP contribution is 2.23. The highest BCUT2D eigenvalue weighted by atomic mass is 35.5. The summed E-state index contributed by atoms with van der Waals surface area (Å²) in [7, 11) is 0. The van der Waals surface area contributed by atoms with Gasteiger partial charge in [0.05, 0.1) is 16.4 Å². The highest BCUT2D eigenvalue weighted by molar-refractivity contribution is 6.32. The van der Waals surface area contributed by atoms with Gasteiger partial charge in [-0.25, -0.2) is 4.68 Å². The maximum Gasteiger partial charge on any atom is 0.0819 e. The molecule has 0 aliphatic carbocycles. The summed E-state index contributed by atoms with van der Waals surface area (Å²) in [5, 5.41) is 5.54. The van der Waals surface area contributed by atoms with Crippen molar-refractivity contribution >= 4 is 34.8 Å². The molecule has 0 amide bonds. The number of halogens is 3. The second-order valence-corrected chi connectivity index (χ2v) is 4.50. The molecule has 1 heterocycles. The van der Waals surface area contributed by atoms with Gasteiger partial charge in [0.15, 0.2) is 0 Å². The third-order valence-corrected chi connectivity index (χ3v) is 3.30. The Morgan fingerprint density at radius 3 is 2.50 bits per heavy atom. The monoisotopic (exact) mass is 274 g/mol. The van der Waals surface area contributed by atoms with E-state index in [0.29, 0.717) is 15.9 Å². The molecule has 0 spiro atoms. The van der Waals surface area contributed by atoms with Gasteiger partial charge in [0.1, 0.15) is 0 Å². The van der Waals surface area contributed by atoms with E-state index in [0.717, 1.165) is 16.9 Å². The second-order valence-electron chi connectivity index (χ2n) is 3.42. The number of hydrogen-bond donors (Lipinski definition) is 0. The van der Waals surface area contributed by atoms with Crippen LogP contribution < -0.4 is 0 Å². The van der Waals surface area contributed by atoms with Crippen LogP contribution in [0.5, 0.6) is 0 Å². The fourth-order valence-corrected chi connectivity index (χ4v) is 2.03. The molecule has 0 saturated carbocycles. The third-order valence-electron chi connectivity index (χ3n) is 2.28. The van der Waals surface area contributed by atoms with Gasteiger partial charge in [-0.1, -0.05) is 29.3 Å². The summed E-state index contributed by atoms with van der Waals surface area (Å²) in [5.41, 5.74) is 2.56. The Hall–Kier alpha value is -0.700. The fraction of sp³-hybridized carbons (Fsp3) is 0.182. The molecule has 2 nitrogen and oxygen atoms in total.